The largest absolute Gasteiger partial charge is 0.361 e. The molecule has 0 bridgehead atoms. The fraction of sp³-hybridized carbons (Fsp3) is 0.143. The SMILES string of the molecule is CN(Cc1cscn1)C(=O)c1ccc2[nH]ccc2c1. The van der Waals surface area contributed by atoms with Crippen LogP contribution in [-0.2, 0) is 6.54 Å². The number of fused-ring (bicyclic) bond motifs is 1. The van der Waals surface area contributed by atoms with Crippen LogP contribution in [0.25, 0.3) is 10.9 Å². The van der Waals surface area contributed by atoms with Gasteiger partial charge in [-0.25, -0.2) is 4.98 Å². The van der Waals surface area contributed by atoms with Crippen LogP contribution in [0.5, 0.6) is 0 Å². The summed E-state index contributed by atoms with van der Waals surface area (Å²) in [6.07, 6.45) is 1.87. The van der Waals surface area contributed by atoms with Crippen LogP contribution in [0.2, 0.25) is 0 Å². The molecule has 5 heteroatoms. The van der Waals surface area contributed by atoms with Crippen molar-refractivity contribution >= 4 is 28.1 Å². The number of hydrogen-bond acceptors (Lipinski definition) is 3. The van der Waals surface area contributed by atoms with Crippen molar-refractivity contribution in [3.05, 3.63) is 52.6 Å². The number of carbonyl (C=O) groups excluding carboxylic acids is 1. The van der Waals surface area contributed by atoms with E-state index in [2.05, 4.69) is 9.97 Å². The minimum atomic E-state index is 0.0103. The molecule has 3 rings (SSSR count). The average Bonchev–Trinajstić information content (AvgIpc) is 3.07. The summed E-state index contributed by atoms with van der Waals surface area (Å²) in [7, 11) is 1.79. The lowest BCUT2D eigenvalue weighted by Crippen LogP contribution is -2.26. The molecule has 0 atom stereocenters. The molecule has 1 N–H and O–H groups in total. The zero-order valence-corrected chi connectivity index (χ0v) is 11.3. The van der Waals surface area contributed by atoms with Crippen molar-refractivity contribution in [2.45, 2.75) is 6.54 Å². The molecular weight excluding hydrogens is 258 g/mol. The molecule has 0 radical (unpaired) electrons. The van der Waals surface area contributed by atoms with Gasteiger partial charge in [-0.3, -0.25) is 4.79 Å². The van der Waals surface area contributed by atoms with Crippen molar-refractivity contribution < 1.29 is 4.79 Å². The Hall–Kier alpha value is -2.14. The molecule has 4 nitrogen and oxygen atoms in total. The third-order valence-corrected chi connectivity index (χ3v) is 3.66. The number of hydrogen-bond donors (Lipinski definition) is 1. The Kier molecular flexibility index (Phi) is 3.05. The molecule has 0 saturated heterocycles. The number of rotatable bonds is 3. The van der Waals surface area contributed by atoms with Gasteiger partial charge in [0.2, 0.25) is 0 Å². The number of amides is 1. The second-order valence-corrected chi connectivity index (χ2v) is 5.14. The summed E-state index contributed by atoms with van der Waals surface area (Å²) in [6, 6.07) is 7.65. The van der Waals surface area contributed by atoms with E-state index < -0.39 is 0 Å². The van der Waals surface area contributed by atoms with Gasteiger partial charge in [0.1, 0.15) is 0 Å². The first-order valence-electron chi connectivity index (χ1n) is 5.94. The van der Waals surface area contributed by atoms with Gasteiger partial charge >= 0.3 is 0 Å². The highest BCUT2D eigenvalue weighted by Gasteiger charge is 2.13. The number of H-pyrrole nitrogens is 1. The number of nitrogens with zero attached hydrogens (tertiary/aromatic N) is 2. The Morgan fingerprint density at radius 3 is 3.11 bits per heavy atom. The Labute approximate surface area is 114 Å². The molecule has 1 aromatic carbocycles. The Morgan fingerprint density at radius 1 is 1.42 bits per heavy atom. The highest BCUT2D eigenvalue weighted by atomic mass is 32.1. The standard InChI is InChI=1S/C14H13N3OS/c1-17(7-12-8-19-9-16-12)14(18)11-2-3-13-10(6-11)4-5-15-13/h2-6,8-9,15H,7H2,1H3. The number of benzene rings is 1. The molecule has 0 saturated carbocycles. The van der Waals surface area contributed by atoms with Crippen LogP contribution < -0.4 is 0 Å². The third-order valence-electron chi connectivity index (χ3n) is 3.03. The minimum Gasteiger partial charge on any atom is -0.361 e. The Bertz CT molecular complexity index is 702. The first-order valence-corrected chi connectivity index (χ1v) is 6.88. The van der Waals surface area contributed by atoms with Crippen molar-refractivity contribution in [2.24, 2.45) is 0 Å². The summed E-state index contributed by atoms with van der Waals surface area (Å²) in [5.74, 6) is 0.0103. The lowest BCUT2D eigenvalue weighted by molar-refractivity contribution is 0.0784. The van der Waals surface area contributed by atoms with E-state index in [-0.39, 0.29) is 5.91 Å². The summed E-state index contributed by atoms with van der Waals surface area (Å²) in [5, 5.41) is 3.01. The van der Waals surface area contributed by atoms with E-state index in [9.17, 15) is 4.79 Å². The topological polar surface area (TPSA) is 49.0 Å². The fourth-order valence-corrected chi connectivity index (χ4v) is 2.59. The fourth-order valence-electron chi connectivity index (χ4n) is 2.04. The van der Waals surface area contributed by atoms with Crippen LogP contribution in [0.1, 0.15) is 16.1 Å². The second-order valence-electron chi connectivity index (χ2n) is 4.42. The molecule has 0 fully saturated rings. The van der Waals surface area contributed by atoms with Gasteiger partial charge in [-0.2, -0.15) is 0 Å². The van der Waals surface area contributed by atoms with Crippen molar-refractivity contribution in [1.82, 2.24) is 14.9 Å². The molecule has 19 heavy (non-hydrogen) atoms. The van der Waals surface area contributed by atoms with Crippen LogP contribution in [0, 0.1) is 0 Å². The number of aromatic amines is 1. The quantitative estimate of drug-likeness (QED) is 0.796. The van der Waals surface area contributed by atoms with E-state index in [1.165, 1.54) is 11.3 Å². The number of aromatic nitrogens is 2. The van der Waals surface area contributed by atoms with Gasteiger partial charge in [-0.1, -0.05) is 0 Å². The van der Waals surface area contributed by atoms with E-state index in [1.807, 2.05) is 35.8 Å². The van der Waals surface area contributed by atoms with Crippen molar-refractivity contribution in [2.75, 3.05) is 7.05 Å². The molecular formula is C14H13N3OS. The van der Waals surface area contributed by atoms with Crippen LogP contribution in [0.4, 0.5) is 0 Å². The average molecular weight is 271 g/mol. The first kappa shape index (κ1) is 11.9. The molecule has 2 aromatic heterocycles. The van der Waals surface area contributed by atoms with E-state index in [0.29, 0.717) is 12.1 Å². The maximum absolute atomic E-state index is 12.3. The molecule has 0 aliphatic carbocycles. The Balaban J connectivity index is 1.82. The molecule has 0 aliphatic heterocycles. The minimum absolute atomic E-state index is 0.0103. The summed E-state index contributed by atoms with van der Waals surface area (Å²) >= 11 is 1.54. The van der Waals surface area contributed by atoms with Crippen molar-refractivity contribution in [3.8, 4) is 0 Å². The van der Waals surface area contributed by atoms with Gasteiger partial charge in [-0.15, -0.1) is 11.3 Å². The van der Waals surface area contributed by atoms with Crippen molar-refractivity contribution in [1.29, 1.82) is 0 Å². The van der Waals surface area contributed by atoms with Gasteiger partial charge in [0, 0.05) is 35.1 Å². The first-order chi connectivity index (χ1) is 9.24. The zero-order valence-electron chi connectivity index (χ0n) is 10.5. The lowest BCUT2D eigenvalue weighted by atomic mass is 10.1. The molecule has 0 unspecified atom stereocenters. The van der Waals surface area contributed by atoms with E-state index in [0.717, 1.165) is 16.6 Å². The van der Waals surface area contributed by atoms with Crippen molar-refractivity contribution in [3.63, 3.8) is 0 Å². The van der Waals surface area contributed by atoms with Gasteiger partial charge < -0.3 is 9.88 Å². The number of thiazole rings is 1. The molecule has 2 heterocycles. The molecule has 3 aromatic rings. The van der Waals surface area contributed by atoms with E-state index in [1.54, 1.807) is 17.5 Å². The van der Waals surface area contributed by atoms with Gasteiger partial charge in [0.05, 0.1) is 17.7 Å². The zero-order chi connectivity index (χ0) is 13.2. The van der Waals surface area contributed by atoms with Gasteiger partial charge in [0.25, 0.3) is 5.91 Å². The summed E-state index contributed by atoms with van der Waals surface area (Å²) in [4.78, 5) is 21.3. The van der Waals surface area contributed by atoms with Crippen LogP contribution in [-0.4, -0.2) is 27.8 Å². The van der Waals surface area contributed by atoms with Gasteiger partial charge in [-0.05, 0) is 24.3 Å². The summed E-state index contributed by atoms with van der Waals surface area (Å²) in [6.45, 7) is 0.535. The highest BCUT2D eigenvalue weighted by Crippen LogP contribution is 2.16. The Morgan fingerprint density at radius 2 is 2.32 bits per heavy atom. The smallest absolute Gasteiger partial charge is 0.253 e. The van der Waals surface area contributed by atoms with Crippen LogP contribution in [0.3, 0.4) is 0 Å². The normalized spacial score (nSPS) is 10.8. The number of carbonyl (C=O) groups is 1. The predicted molar refractivity (Wildman–Crippen MR) is 76.2 cm³/mol. The van der Waals surface area contributed by atoms with Crippen LogP contribution in [0.15, 0.2) is 41.4 Å². The second kappa shape index (κ2) is 4.85. The predicted octanol–water partition coefficient (Wildman–Crippen LogP) is 2.90. The maximum Gasteiger partial charge on any atom is 0.253 e. The highest BCUT2D eigenvalue weighted by molar-refractivity contribution is 7.07. The molecule has 0 aliphatic rings. The summed E-state index contributed by atoms with van der Waals surface area (Å²) < 4.78 is 0. The summed E-state index contributed by atoms with van der Waals surface area (Å²) in [5.41, 5.74) is 4.44. The third kappa shape index (κ3) is 2.37. The van der Waals surface area contributed by atoms with Crippen LogP contribution >= 0.6 is 11.3 Å². The molecule has 96 valence electrons. The van der Waals surface area contributed by atoms with E-state index >= 15 is 0 Å². The lowest BCUT2D eigenvalue weighted by Gasteiger charge is -2.15. The number of nitrogens with one attached hydrogen (secondary N) is 1. The van der Waals surface area contributed by atoms with E-state index in [4.69, 9.17) is 0 Å². The monoisotopic (exact) mass is 271 g/mol. The molecule has 0 spiro atoms. The maximum atomic E-state index is 12.3. The molecule has 1 amide bonds. The van der Waals surface area contributed by atoms with Gasteiger partial charge in [0.15, 0.2) is 0 Å².